The quantitative estimate of drug-likeness (QED) is 0.259. The Balaban J connectivity index is 3.55. The Morgan fingerprint density at radius 3 is 1.88 bits per heavy atom. The zero-order valence-electron chi connectivity index (χ0n) is 3.76. The average molecular weight is 142 g/mol. The van der Waals surface area contributed by atoms with Gasteiger partial charge in [0.2, 0.25) is 0 Å². The van der Waals surface area contributed by atoms with Crippen LogP contribution in [0.2, 0.25) is 0 Å². The maximum Gasteiger partial charge on any atom is 0.479 e. The fourth-order valence-corrected chi connectivity index (χ4v) is 0.465. The minimum atomic E-state index is -4.17. The van der Waals surface area contributed by atoms with Crippen LogP contribution in [0.15, 0.2) is 0 Å². The lowest BCUT2D eigenvalue weighted by Gasteiger charge is -1.94. The van der Waals surface area contributed by atoms with E-state index in [1.807, 2.05) is 0 Å². The number of hydrogen-bond donors (Lipinski definition) is 3. The summed E-state index contributed by atoms with van der Waals surface area (Å²) in [5.74, 6) is 0. The van der Waals surface area contributed by atoms with Crippen molar-refractivity contribution in [3.05, 3.63) is 10.1 Å². The number of nitrogens with zero attached hydrogens (tertiary/aromatic N) is 1. The summed E-state index contributed by atoms with van der Waals surface area (Å²) in [6.45, 7) is 0. The Bertz CT molecular complexity index is 95.1. The monoisotopic (exact) mass is 142 g/mol. The highest BCUT2D eigenvalue weighted by Gasteiger charge is 2.37. The van der Waals surface area contributed by atoms with Crippen LogP contribution in [0.25, 0.3) is 0 Å². The molecule has 7 heteroatoms. The Hall–Kier alpha value is -0.290. The van der Waals surface area contributed by atoms with Crippen molar-refractivity contribution >= 4 is 7.94 Å². The van der Waals surface area contributed by atoms with Crippen LogP contribution in [-0.2, 0) is 0 Å². The molecule has 0 aromatic heterocycles. The molecule has 0 aliphatic carbocycles. The Labute approximate surface area is 45.1 Å². The molecule has 0 aliphatic rings. The van der Waals surface area contributed by atoms with Crippen LogP contribution in [0, 0.1) is 10.1 Å². The van der Waals surface area contributed by atoms with Crippen LogP contribution < -0.4 is 0 Å². The average Bonchev–Trinajstić information content (AvgIpc) is 1.21. The van der Waals surface area contributed by atoms with Crippen molar-refractivity contribution in [2.75, 3.05) is 6.29 Å². The third-order valence-electron chi connectivity index (χ3n) is 0.305. The van der Waals surface area contributed by atoms with Crippen molar-refractivity contribution in [1.82, 2.24) is 0 Å². The smallest absolute Gasteiger partial charge is 0.261 e. The molecule has 0 radical (unpaired) electrons. The fraction of sp³-hybridized carbons (Fsp3) is 1.00. The van der Waals surface area contributed by atoms with Gasteiger partial charge in [-0.3, -0.25) is 10.1 Å². The van der Waals surface area contributed by atoms with E-state index in [1.54, 1.807) is 0 Å². The third-order valence-corrected chi connectivity index (χ3v) is 0.916. The normalized spacial score (nSPS) is 11.4. The minimum absolute atomic E-state index is 0.992. The summed E-state index contributed by atoms with van der Waals surface area (Å²) in [7, 11) is -4.17. The van der Waals surface area contributed by atoms with Crippen molar-refractivity contribution in [2.45, 2.75) is 0 Å². The molecule has 3 N–H and O–H groups in total. The first-order valence-electron chi connectivity index (χ1n) is 1.60. The van der Waals surface area contributed by atoms with Gasteiger partial charge in [-0.25, -0.2) is 0 Å². The summed E-state index contributed by atoms with van der Waals surface area (Å²) >= 11 is 0. The van der Waals surface area contributed by atoms with Crippen LogP contribution in [0.5, 0.6) is 0 Å². The Morgan fingerprint density at radius 2 is 1.88 bits per heavy atom. The van der Waals surface area contributed by atoms with Gasteiger partial charge in [0.25, 0.3) is 0 Å². The van der Waals surface area contributed by atoms with Gasteiger partial charge in [0.05, 0.1) is 4.92 Å². The van der Waals surface area contributed by atoms with Crippen LogP contribution in [0.1, 0.15) is 0 Å². The maximum atomic E-state index is 9.37. The molecule has 0 aliphatic heterocycles. The molecule has 0 aromatic rings. The van der Waals surface area contributed by atoms with E-state index in [0.717, 1.165) is 0 Å². The van der Waals surface area contributed by atoms with E-state index in [1.165, 1.54) is 0 Å². The maximum absolute atomic E-state index is 9.37. The van der Waals surface area contributed by atoms with Gasteiger partial charge in [-0.1, -0.05) is 0 Å². The second-order valence-electron chi connectivity index (χ2n) is 1.17. The van der Waals surface area contributed by atoms with Crippen molar-refractivity contribution in [3.63, 3.8) is 0 Å². The zero-order chi connectivity index (χ0) is 6.78. The molecule has 0 saturated heterocycles. The van der Waals surface area contributed by atoms with Crippen molar-refractivity contribution in [2.24, 2.45) is 0 Å². The minimum Gasteiger partial charge on any atom is -0.261 e. The summed E-state index contributed by atoms with van der Waals surface area (Å²) in [5, 5.41) is 9.37. The molecule has 0 spiro atoms. The Kier molecular flexibility index (Phi) is 2.24. The molecule has 0 rings (SSSR count). The van der Waals surface area contributed by atoms with Gasteiger partial charge in [-0.05, 0) is 0 Å². The Morgan fingerprint density at radius 1 is 1.50 bits per heavy atom. The molecular weight excluding hydrogens is 137 g/mol. The van der Waals surface area contributed by atoms with Crippen molar-refractivity contribution in [3.8, 4) is 0 Å². The van der Waals surface area contributed by atoms with E-state index < -0.39 is 19.2 Å². The third kappa shape index (κ3) is 5.71. The van der Waals surface area contributed by atoms with E-state index in [2.05, 4.69) is 0 Å². The molecule has 0 fully saturated rings. The lowest BCUT2D eigenvalue weighted by Crippen LogP contribution is -2.05. The first-order valence-corrected chi connectivity index (χ1v) is 3.43. The summed E-state index contributed by atoms with van der Waals surface area (Å²) in [6, 6.07) is 0. The van der Waals surface area contributed by atoms with E-state index in [0.29, 0.717) is 0 Å². The highest BCUT2D eigenvalue weighted by Crippen LogP contribution is 2.43. The van der Waals surface area contributed by atoms with Crippen LogP contribution in [0.4, 0.5) is 0 Å². The van der Waals surface area contributed by atoms with Gasteiger partial charge in [0, 0.05) is 0 Å². The molecule has 0 aromatic carbocycles. The van der Waals surface area contributed by atoms with Crippen molar-refractivity contribution < 1.29 is 19.6 Å². The van der Waals surface area contributed by atoms with Gasteiger partial charge < -0.3 is 0 Å². The number of hydrogen-bond acceptors (Lipinski definition) is 5. The van der Waals surface area contributed by atoms with E-state index in [-0.39, 0.29) is 0 Å². The summed E-state index contributed by atoms with van der Waals surface area (Å²) in [4.78, 5) is 32.3. The van der Waals surface area contributed by atoms with Crippen molar-refractivity contribution in [1.29, 1.82) is 0 Å². The molecule has 48 valence electrons. The van der Waals surface area contributed by atoms with E-state index >= 15 is 0 Å². The molecule has 0 bridgehead atoms. The number of nitro groups is 1. The highest BCUT2D eigenvalue weighted by molar-refractivity contribution is 7.58. The summed E-state index contributed by atoms with van der Waals surface area (Å²) in [6.07, 6.45) is -1.17. The molecular formula is CH5NO5P+. The lowest BCUT2D eigenvalue weighted by molar-refractivity contribution is -0.462. The largest absolute Gasteiger partial charge is 0.479 e. The second-order valence-corrected chi connectivity index (χ2v) is 2.83. The second kappa shape index (κ2) is 2.32. The first-order chi connectivity index (χ1) is 3.42. The van der Waals surface area contributed by atoms with Gasteiger partial charge >= 0.3 is 14.2 Å². The first kappa shape index (κ1) is 7.71. The van der Waals surface area contributed by atoms with Gasteiger partial charge in [0.1, 0.15) is 0 Å². The predicted octanol–water partition coefficient (Wildman–Crippen LogP) is -1.04. The SMILES string of the molecule is O=[N+]([O-])C[P+](O)(O)O. The van der Waals surface area contributed by atoms with Gasteiger partial charge in [0.15, 0.2) is 0 Å². The predicted molar refractivity (Wildman–Crippen MR) is 25.4 cm³/mol. The molecule has 0 heterocycles. The topological polar surface area (TPSA) is 104 Å². The molecule has 0 amide bonds. The van der Waals surface area contributed by atoms with Crippen LogP contribution in [-0.4, -0.2) is 25.9 Å². The molecule has 0 saturated carbocycles. The number of rotatable bonds is 2. The van der Waals surface area contributed by atoms with E-state index in [4.69, 9.17) is 14.7 Å². The van der Waals surface area contributed by atoms with E-state index in [9.17, 15) is 10.1 Å². The van der Waals surface area contributed by atoms with Crippen LogP contribution in [0.3, 0.4) is 0 Å². The highest BCUT2D eigenvalue weighted by atomic mass is 31.2. The summed E-state index contributed by atoms with van der Waals surface area (Å²) in [5.41, 5.74) is 0. The lowest BCUT2D eigenvalue weighted by atomic mass is 11.5. The van der Waals surface area contributed by atoms with Crippen LogP contribution >= 0.6 is 7.94 Å². The van der Waals surface area contributed by atoms with Gasteiger partial charge in [-0.2, -0.15) is 14.7 Å². The fourth-order valence-electron chi connectivity index (χ4n) is 0.155. The molecule has 8 heavy (non-hydrogen) atoms. The zero-order valence-corrected chi connectivity index (χ0v) is 4.65. The molecule has 6 nitrogen and oxygen atoms in total. The summed E-state index contributed by atoms with van der Waals surface area (Å²) < 4.78 is 0. The molecule has 0 unspecified atom stereocenters. The van der Waals surface area contributed by atoms with Gasteiger partial charge in [-0.15, -0.1) is 0 Å². The standard InChI is InChI=1S/CH5NO5P/c3-2(4)1-8(5,6)7/h5-7H,1H2/q+1. The molecule has 0 atom stereocenters.